The monoisotopic (exact) mass is 258 g/mol. The normalized spacial score (nSPS) is 12.6. The maximum absolute atomic E-state index is 12.3. The van der Waals surface area contributed by atoms with Gasteiger partial charge >= 0.3 is 12.4 Å². The highest BCUT2D eigenvalue weighted by molar-refractivity contribution is 5.81. The molecule has 8 heteroatoms. The zero-order chi connectivity index (χ0) is 13.4. The van der Waals surface area contributed by atoms with E-state index in [1.165, 1.54) is 0 Å². The average Bonchev–Trinajstić information content (AvgIpc) is 2.13. The topological polar surface area (TPSA) is 37.3 Å². The molecule has 0 radical (unpaired) electrons. The lowest BCUT2D eigenvalue weighted by Crippen LogP contribution is -2.16. The van der Waals surface area contributed by atoms with Gasteiger partial charge in [-0.25, -0.2) is 0 Å². The largest absolute Gasteiger partial charge is 0.508 e. The van der Waals surface area contributed by atoms with Gasteiger partial charge in [0.2, 0.25) is 0 Å². The number of halogens is 6. The molecule has 0 atom stereocenters. The van der Waals surface area contributed by atoms with Crippen molar-refractivity contribution in [3.8, 4) is 5.75 Å². The van der Waals surface area contributed by atoms with Crippen LogP contribution in [0.1, 0.15) is 21.5 Å². The summed E-state index contributed by atoms with van der Waals surface area (Å²) in [6.45, 7) is 0. The van der Waals surface area contributed by atoms with E-state index in [-0.39, 0.29) is 12.1 Å². The highest BCUT2D eigenvalue weighted by Gasteiger charge is 2.41. The molecule has 0 amide bonds. The van der Waals surface area contributed by atoms with E-state index < -0.39 is 41.1 Å². The van der Waals surface area contributed by atoms with Crippen LogP contribution in [-0.4, -0.2) is 11.4 Å². The van der Waals surface area contributed by atoms with Crippen molar-refractivity contribution in [2.75, 3.05) is 0 Å². The zero-order valence-electron chi connectivity index (χ0n) is 7.86. The minimum atomic E-state index is -5.16. The molecule has 0 saturated carbocycles. The van der Waals surface area contributed by atoms with Gasteiger partial charge in [0.05, 0.1) is 11.1 Å². The highest BCUT2D eigenvalue weighted by atomic mass is 19.4. The fraction of sp³-hybridized carbons (Fsp3) is 0.222. The van der Waals surface area contributed by atoms with E-state index in [1.54, 1.807) is 0 Å². The van der Waals surface area contributed by atoms with Crippen molar-refractivity contribution in [3.63, 3.8) is 0 Å². The van der Waals surface area contributed by atoms with Gasteiger partial charge in [-0.1, -0.05) is 0 Å². The van der Waals surface area contributed by atoms with Gasteiger partial charge in [-0.3, -0.25) is 4.79 Å². The van der Waals surface area contributed by atoms with Gasteiger partial charge in [-0.15, -0.1) is 0 Å². The van der Waals surface area contributed by atoms with Crippen LogP contribution in [0.15, 0.2) is 12.1 Å². The second kappa shape index (κ2) is 3.94. The minimum absolute atomic E-state index is 0.0684. The number of phenolic OH excluding ortho intramolecular Hbond substituents is 1. The summed E-state index contributed by atoms with van der Waals surface area (Å²) in [4.78, 5) is 10.4. The summed E-state index contributed by atoms with van der Waals surface area (Å²) in [7, 11) is 0. The van der Waals surface area contributed by atoms with Crippen LogP contribution in [0.5, 0.6) is 5.75 Å². The first kappa shape index (κ1) is 13.3. The van der Waals surface area contributed by atoms with E-state index in [0.29, 0.717) is 0 Å². The Kier molecular flexibility index (Phi) is 3.09. The Bertz CT molecular complexity index is 411. The molecule has 0 bridgehead atoms. The molecule has 1 rings (SSSR count). The van der Waals surface area contributed by atoms with Gasteiger partial charge in [0.25, 0.3) is 0 Å². The standard InChI is InChI=1S/C9H4F6O2/c10-8(11,12)6-1-4(17)2-7(5(6)3-16)9(13,14)15/h1-3,17H. The highest BCUT2D eigenvalue weighted by Crippen LogP contribution is 2.40. The van der Waals surface area contributed by atoms with Crippen molar-refractivity contribution in [1.29, 1.82) is 0 Å². The van der Waals surface area contributed by atoms with Crippen molar-refractivity contribution >= 4 is 6.29 Å². The first-order chi connectivity index (χ1) is 7.57. The molecule has 0 saturated heterocycles. The van der Waals surface area contributed by atoms with E-state index in [4.69, 9.17) is 5.11 Å². The Morgan fingerprint density at radius 3 is 1.53 bits per heavy atom. The Balaban J connectivity index is 3.64. The summed E-state index contributed by atoms with van der Waals surface area (Å²) in [6, 6.07) is 0.137. The quantitative estimate of drug-likeness (QED) is 0.620. The number of aldehydes is 1. The van der Waals surface area contributed by atoms with E-state index in [2.05, 4.69) is 0 Å². The zero-order valence-corrected chi connectivity index (χ0v) is 7.86. The molecular formula is C9H4F6O2. The molecule has 0 aromatic heterocycles. The van der Waals surface area contributed by atoms with Crippen molar-refractivity contribution < 1.29 is 36.2 Å². The Labute approximate surface area is 90.5 Å². The lowest BCUT2D eigenvalue weighted by Gasteiger charge is -2.15. The van der Waals surface area contributed by atoms with Crippen LogP contribution >= 0.6 is 0 Å². The molecule has 1 aromatic carbocycles. The van der Waals surface area contributed by atoms with Gasteiger partial charge in [0, 0.05) is 5.56 Å². The number of alkyl halides is 6. The number of hydrogen-bond acceptors (Lipinski definition) is 2. The summed E-state index contributed by atoms with van der Waals surface area (Å²) in [6.07, 6.45) is -10.9. The van der Waals surface area contributed by atoms with Crippen molar-refractivity contribution in [1.82, 2.24) is 0 Å². The van der Waals surface area contributed by atoms with Crippen LogP contribution in [0.4, 0.5) is 26.3 Å². The number of benzene rings is 1. The third-order valence-corrected chi connectivity index (χ3v) is 1.89. The van der Waals surface area contributed by atoms with Crippen LogP contribution in [-0.2, 0) is 12.4 Å². The SMILES string of the molecule is O=Cc1c(C(F)(F)F)cc(O)cc1C(F)(F)F. The van der Waals surface area contributed by atoms with Crippen molar-refractivity contribution in [2.24, 2.45) is 0 Å². The summed E-state index contributed by atoms with van der Waals surface area (Å²) in [5, 5.41) is 8.82. The van der Waals surface area contributed by atoms with Crippen LogP contribution in [0.2, 0.25) is 0 Å². The Hall–Kier alpha value is -1.73. The predicted molar refractivity (Wildman–Crippen MR) is 43.5 cm³/mol. The van der Waals surface area contributed by atoms with Gasteiger partial charge in [0.1, 0.15) is 5.75 Å². The molecular weight excluding hydrogens is 254 g/mol. The second-order valence-electron chi connectivity index (χ2n) is 3.07. The molecule has 2 nitrogen and oxygen atoms in total. The third kappa shape index (κ3) is 2.69. The molecule has 1 N–H and O–H groups in total. The molecule has 0 aliphatic rings. The van der Waals surface area contributed by atoms with E-state index >= 15 is 0 Å². The van der Waals surface area contributed by atoms with Gasteiger partial charge in [-0.05, 0) is 12.1 Å². The molecule has 0 aliphatic carbocycles. The fourth-order valence-corrected chi connectivity index (χ4v) is 1.23. The Morgan fingerprint density at radius 1 is 0.941 bits per heavy atom. The maximum atomic E-state index is 12.3. The second-order valence-corrected chi connectivity index (χ2v) is 3.07. The molecule has 94 valence electrons. The number of carbonyl (C=O) groups is 1. The number of aromatic hydroxyl groups is 1. The van der Waals surface area contributed by atoms with Gasteiger partial charge in [0.15, 0.2) is 6.29 Å². The van der Waals surface area contributed by atoms with Crippen LogP contribution < -0.4 is 0 Å². The minimum Gasteiger partial charge on any atom is -0.508 e. The molecule has 0 unspecified atom stereocenters. The van der Waals surface area contributed by atoms with Crippen LogP contribution in [0.25, 0.3) is 0 Å². The predicted octanol–water partition coefficient (Wildman–Crippen LogP) is 3.24. The number of rotatable bonds is 1. The summed E-state index contributed by atoms with van der Waals surface area (Å²) < 4.78 is 74.1. The number of carbonyl (C=O) groups excluding carboxylic acids is 1. The van der Waals surface area contributed by atoms with E-state index in [0.717, 1.165) is 0 Å². The first-order valence-electron chi connectivity index (χ1n) is 4.04. The lowest BCUT2D eigenvalue weighted by molar-refractivity contribution is -0.143. The van der Waals surface area contributed by atoms with Gasteiger partial charge in [-0.2, -0.15) is 26.3 Å². The smallest absolute Gasteiger partial charge is 0.417 e. The molecule has 0 fully saturated rings. The van der Waals surface area contributed by atoms with Crippen molar-refractivity contribution in [2.45, 2.75) is 12.4 Å². The third-order valence-electron chi connectivity index (χ3n) is 1.89. The summed E-state index contributed by atoms with van der Waals surface area (Å²) >= 11 is 0. The first-order valence-corrected chi connectivity index (χ1v) is 4.04. The number of hydrogen-bond donors (Lipinski definition) is 1. The van der Waals surface area contributed by atoms with E-state index in [9.17, 15) is 31.1 Å². The van der Waals surface area contributed by atoms with Crippen LogP contribution in [0.3, 0.4) is 0 Å². The molecule has 0 aliphatic heterocycles. The Morgan fingerprint density at radius 2 is 1.29 bits per heavy atom. The molecule has 17 heavy (non-hydrogen) atoms. The van der Waals surface area contributed by atoms with Gasteiger partial charge < -0.3 is 5.11 Å². The van der Waals surface area contributed by atoms with Crippen molar-refractivity contribution in [3.05, 3.63) is 28.8 Å². The summed E-state index contributed by atoms with van der Waals surface area (Å²) in [5.41, 5.74) is -5.18. The lowest BCUT2D eigenvalue weighted by atomic mass is 10.0. The van der Waals surface area contributed by atoms with Crippen LogP contribution in [0, 0.1) is 0 Å². The fourth-order valence-electron chi connectivity index (χ4n) is 1.23. The number of phenols is 1. The maximum Gasteiger partial charge on any atom is 0.417 e. The molecule has 0 spiro atoms. The summed E-state index contributed by atoms with van der Waals surface area (Å²) in [5.74, 6) is -1.21. The molecule has 1 aromatic rings. The molecule has 0 heterocycles. The van der Waals surface area contributed by atoms with E-state index in [1.807, 2.05) is 0 Å². The average molecular weight is 258 g/mol.